The topological polar surface area (TPSA) is 90.7 Å². The zero-order valence-corrected chi connectivity index (χ0v) is 13.8. The van der Waals surface area contributed by atoms with Crippen LogP contribution in [0.15, 0.2) is 54.6 Å². The molecule has 0 radical (unpaired) electrons. The Balaban J connectivity index is 1.81. The average molecular weight is 347 g/mol. The van der Waals surface area contributed by atoms with Gasteiger partial charge in [-0.2, -0.15) is 5.26 Å². The molecule has 0 atom stereocenters. The van der Waals surface area contributed by atoms with Crippen LogP contribution in [0.3, 0.4) is 0 Å². The zero-order valence-electron chi connectivity index (χ0n) is 13.8. The molecule has 0 fully saturated rings. The first-order valence-electron chi connectivity index (χ1n) is 7.74. The standard InChI is InChI=1S/C19H14FN5O/c1-12-10-17(18(26)24-16-5-3-2-4-15(16)20)25-19(22-12)23-14-8-6-13(11-21)7-9-14/h2-10H,1H3,(H,24,26)(H,22,23,25). The summed E-state index contributed by atoms with van der Waals surface area (Å²) in [5, 5.41) is 14.3. The van der Waals surface area contributed by atoms with E-state index in [1.807, 2.05) is 6.07 Å². The Labute approximate surface area is 149 Å². The van der Waals surface area contributed by atoms with Crippen molar-refractivity contribution in [3.05, 3.63) is 77.4 Å². The van der Waals surface area contributed by atoms with Crippen molar-refractivity contribution in [1.29, 1.82) is 5.26 Å². The largest absolute Gasteiger partial charge is 0.324 e. The molecule has 0 saturated carbocycles. The molecule has 0 unspecified atom stereocenters. The third-order valence-corrected chi connectivity index (χ3v) is 3.48. The van der Waals surface area contributed by atoms with Crippen molar-refractivity contribution in [1.82, 2.24) is 9.97 Å². The van der Waals surface area contributed by atoms with E-state index in [4.69, 9.17) is 5.26 Å². The van der Waals surface area contributed by atoms with Gasteiger partial charge in [-0.15, -0.1) is 0 Å². The molecule has 1 aromatic heterocycles. The van der Waals surface area contributed by atoms with Gasteiger partial charge in [-0.25, -0.2) is 14.4 Å². The fourth-order valence-electron chi connectivity index (χ4n) is 2.25. The van der Waals surface area contributed by atoms with E-state index in [9.17, 15) is 9.18 Å². The Morgan fingerprint density at radius 3 is 2.54 bits per heavy atom. The van der Waals surface area contributed by atoms with Crippen LogP contribution >= 0.6 is 0 Å². The van der Waals surface area contributed by atoms with Gasteiger partial charge in [0, 0.05) is 11.4 Å². The van der Waals surface area contributed by atoms with E-state index in [1.165, 1.54) is 18.2 Å². The minimum atomic E-state index is -0.538. The number of nitrogens with one attached hydrogen (secondary N) is 2. The number of halogens is 1. The second kappa shape index (κ2) is 7.40. The van der Waals surface area contributed by atoms with Gasteiger partial charge in [0.25, 0.3) is 5.91 Å². The van der Waals surface area contributed by atoms with Crippen LogP contribution in [0, 0.1) is 24.1 Å². The lowest BCUT2D eigenvalue weighted by Gasteiger charge is -2.09. The molecule has 3 aromatic rings. The lowest BCUT2D eigenvalue weighted by molar-refractivity contribution is 0.102. The van der Waals surface area contributed by atoms with Gasteiger partial charge in [0.15, 0.2) is 0 Å². The predicted octanol–water partition coefficient (Wildman–Crippen LogP) is 3.79. The van der Waals surface area contributed by atoms with Crippen molar-refractivity contribution < 1.29 is 9.18 Å². The SMILES string of the molecule is Cc1cc(C(=O)Nc2ccccc2F)nc(Nc2ccc(C#N)cc2)n1. The van der Waals surface area contributed by atoms with Crippen molar-refractivity contribution >= 4 is 23.2 Å². The molecule has 1 amide bonds. The van der Waals surface area contributed by atoms with Gasteiger partial charge in [-0.1, -0.05) is 12.1 Å². The van der Waals surface area contributed by atoms with Crippen LogP contribution in [0.1, 0.15) is 21.7 Å². The smallest absolute Gasteiger partial charge is 0.274 e. The number of nitrogens with zero attached hydrogens (tertiary/aromatic N) is 3. The van der Waals surface area contributed by atoms with Gasteiger partial charge in [0.1, 0.15) is 11.5 Å². The maximum atomic E-state index is 13.7. The summed E-state index contributed by atoms with van der Waals surface area (Å²) in [6.07, 6.45) is 0. The van der Waals surface area contributed by atoms with E-state index in [1.54, 1.807) is 43.3 Å². The quantitative estimate of drug-likeness (QED) is 0.749. The van der Waals surface area contributed by atoms with E-state index in [0.717, 1.165) is 0 Å². The van der Waals surface area contributed by atoms with Crippen LogP contribution in [-0.4, -0.2) is 15.9 Å². The molecule has 0 aliphatic heterocycles. The predicted molar refractivity (Wildman–Crippen MR) is 95.6 cm³/mol. The number of carbonyl (C=O) groups is 1. The minimum Gasteiger partial charge on any atom is -0.324 e. The highest BCUT2D eigenvalue weighted by molar-refractivity contribution is 6.03. The Morgan fingerprint density at radius 1 is 1.12 bits per heavy atom. The first kappa shape index (κ1) is 17.0. The number of para-hydroxylation sites is 1. The van der Waals surface area contributed by atoms with E-state index >= 15 is 0 Å². The molecule has 6 nitrogen and oxygen atoms in total. The van der Waals surface area contributed by atoms with Gasteiger partial charge >= 0.3 is 0 Å². The highest BCUT2D eigenvalue weighted by Crippen LogP contribution is 2.17. The van der Waals surface area contributed by atoms with Crippen molar-refractivity contribution in [2.24, 2.45) is 0 Å². The fraction of sp³-hybridized carbons (Fsp3) is 0.0526. The molecule has 2 N–H and O–H groups in total. The second-order valence-corrected chi connectivity index (χ2v) is 5.47. The van der Waals surface area contributed by atoms with E-state index in [0.29, 0.717) is 16.9 Å². The Morgan fingerprint density at radius 2 is 1.85 bits per heavy atom. The molecule has 0 saturated heterocycles. The van der Waals surface area contributed by atoms with E-state index in [-0.39, 0.29) is 17.3 Å². The summed E-state index contributed by atoms with van der Waals surface area (Å²) in [5.74, 6) is -0.834. The number of carbonyl (C=O) groups excluding carboxylic acids is 1. The van der Waals surface area contributed by atoms with Crippen LogP contribution < -0.4 is 10.6 Å². The van der Waals surface area contributed by atoms with E-state index < -0.39 is 11.7 Å². The van der Waals surface area contributed by atoms with Crippen molar-refractivity contribution in [2.75, 3.05) is 10.6 Å². The summed E-state index contributed by atoms with van der Waals surface area (Å²) < 4.78 is 13.7. The Kier molecular flexibility index (Phi) is 4.85. The average Bonchev–Trinajstić information content (AvgIpc) is 2.64. The number of aryl methyl sites for hydroxylation is 1. The normalized spacial score (nSPS) is 10.0. The van der Waals surface area contributed by atoms with Crippen LogP contribution in [-0.2, 0) is 0 Å². The molecule has 0 spiro atoms. The highest BCUT2D eigenvalue weighted by Gasteiger charge is 2.13. The monoisotopic (exact) mass is 347 g/mol. The van der Waals surface area contributed by atoms with Gasteiger partial charge < -0.3 is 10.6 Å². The summed E-state index contributed by atoms with van der Waals surface area (Å²) in [7, 11) is 0. The molecule has 2 aromatic carbocycles. The van der Waals surface area contributed by atoms with Crippen LogP contribution in [0.5, 0.6) is 0 Å². The molecule has 0 aliphatic carbocycles. The summed E-state index contributed by atoms with van der Waals surface area (Å²) in [6, 6.07) is 16.2. The molecule has 0 bridgehead atoms. The van der Waals surface area contributed by atoms with Crippen molar-refractivity contribution in [2.45, 2.75) is 6.92 Å². The number of anilines is 3. The van der Waals surface area contributed by atoms with Crippen LogP contribution in [0.4, 0.5) is 21.7 Å². The Bertz CT molecular complexity index is 996. The lowest BCUT2D eigenvalue weighted by atomic mass is 10.2. The summed E-state index contributed by atoms with van der Waals surface area (Å²) in [4.78, 5) is 20.8. The lowest BCUT2D eigenvalue weighted by Crippen LogP contribution is -2.16. The highest BCUT2D eigenvalue weighted by atomic mass is 19.1. The molecule has 1 heterocycles. The molecule has 128 valence electrons. The molecule has 3 rings (SSSR count). The summed E-state index contributed by atoms with van der Waals surface area (Å²) in [5.41, 5.74) is 1.97. The van der Waals surface area contributed by atoms with Crippen molar-refractivity contribution in [3.8, 4) is 6.07 Å². The molecule has 26 heavy (non-hydrogen) atoms. The zero-order chi connectivity index (χ0) is 18.5. The number of hydrogen-bond acceptors (Lipinski definition) is 5. The number of rotatable bonds is 4. The number of benzene rings is 2. The maximum absolute atomic E-state index is 13.7. The summed E-state index contributed by atoms with van der Waals surface area (Å²) >= 11 is 0. The fourth-order valence-corrected chi connectivity index (χ4v) is 2.25. The third kappa shape index (κ3) is 3.99. The van der Waals surface area contributed by atoms with Crippen LogP contribution in [0.25, 0.3) is 0 Å². The molecular formula is C19H14FN5O. The first-order chi connectivity index (χ1) is 12.5. The molecular weight excluding hydrogens is 333 g/mol. The maximum Gasteiger partial charge on any atom is 0.274 e. The number of hydrogen-bond donors (Lipinski definition) is 2. The van der Waals surface area contributed by atoms with Crippen molar-refractivity contribution in [3.63, 3.8) is 0 Å². The number of nitriles is 1. The van der Waals surface area contributed by atoms with Gasteiger partial charge in [0.2, 0.25) is 5.95 Å². The van der Waals surface area contributed by atoms with Crippen LogP contribution in [0.2, 0.25) is 0 Å². The Hall–Kier alpha value is -3.79. The third-order valence-electron chi connectivity index (χ3n) is 3.48. The minimum absolute atomic E-state index is 0.0790. The number of aromatic nitrogens is 2. The first-order valence-corrected chi connectivity index (χ1v) is 7.74. The molecule has 7 heteroatoms. The summed E-state index contributed by atoms with van der Waals surface area (Å²) in [6.45, 7) is 1.73. The number of amides is 1. The van der Waals surface area contributed by atoms with Gasteiger partial charge in [0.05, 0.1) is 17.3 Å². The van der Waals surface area contributed by atoms with E-state index in [2.05, 4.69) is 20.6 Å². The second-order valence-electron chi connectivity index (χ2n) is 5.47. The molecule has 0 aliphatic rings. The van der Waals surface area contributed by atoms with Gasteiger partial charge in [-0.3, -0.25) is 4.79 Å². The van der Waals surface area contributed by atoms with Gasteiger partial charge in [-0.05, 0) is 49.4 Å².